The molecule has 0 spiro atoms. The van der Waals surface area contributed by atoms with Crippen LogP contribution in [0.25, 0.3) is 11.0 Å². The van der Waals surface area contributed by atoms with Crippen LogP contribution in [0.15, 0.2) is 47.3 Å². The van der Waals surface area contributed by atoms with E-state index in [4.69, 9.17) is 4.74 Å². The van der Waals surface area contributed by atoms with E-state index in [-0.39, 0.29) is 24.7 Å². The molecule has 1 aromatic heterocycles. The minimum atomic E-state index is -0.415. The maximum absolute atomic E-state index is 13.2. The Hall–Kier alpha value is -3.09. The number of carbonyl (C=O) groups is 1. The normalized spacial score (nSPS) is 10.8. The van der Waals surface area contributed by atoms with Gasteiger partial charge in [0, 0.05) is 18.7 Å². The minimum absolute atomic E-state index is 0.257. The number of amides is 1. The second-order valence-corrected chi connectivity index (χ2v) is 5.23. The molecule has 0 aliphatic carbocycles. The SMILES string of the molecule is COc1cccc(C(=O)NCCn2c(=O)[nH]c3cc(F)ccc32)c1. The Morgan fingerprint density at radius 2 is 2.12 bits per heavy atom. The summed E-state index contributed by atoms with van der Waals surface area (Å²) >= 11 is 0. The van der Waals surface area contributed by atoms with Crippen molar-refractivity contribution in [3.63, 3.8) is 0 Å². The lowest BCUT2D eigenvalue weighted by molar-refractivity contribution is 0.0952. The number of halogens is 1. The summed E-state index contributed by atoms with van der Waals surface area (Å²) < 4.78 is 19.7. The second kappa shape index (κ2) is 6.57. The van der Waals surface area contributed by atoms with Gasteiger partial charge in [0.15, 0.2) is 0 Å². The Balaban J connectivity index is 1.69. The first-order valence-corrected chi connectivity index (χ1v) is 7.39. The zero-order chi connectivity index (χ0) is 17.1. The second-order valence-electron chi connectivity index (χ2n) is 5.23. The molecule has 0 saturated carbocycles. The Bertz CT molecular complexity index is 946. The van der Waals surface area contributed by atoms with E-state index in [2.05, 4.69) is 10.3 Å². The van der Waals surface area contributed by atoms with Crippen molar-refractivity contribution in [3.05, 3.63) is 64.3 Å². The first-order valence-electron chi connectivity index (χ1n) is 7.39. The zero-order valence-corrected chi connectivity index (χ0v) is 13.0. The van der Waals surface area contributed by atoms with Crippen molar-refractivity contribution >= 4 is 16.9 Å². The van der Waals surface area contributed by atoms with Crippen molar-refractivity contribution in [3.8, 4) is 5.75 Å². The molecule has 0 fully saturated rings. The predicted molar refractivity (Wildman–Crippen MR) is 87.8 cm³/mol. The fourth-order valence-corrected chi connectivity index (χ4v) is 2.51. The van der Waals surface area contributed by atoms with Crippen LogP contribution < -0.4 is 15.7 Å². The van der Waals surface area contributed by atoms with Gasteiger partial charge in [0.05, 0.1) is 18.1 Å². The van der Waals surface area contributed by atoms with Gasteiger partial charge < -0.3 is 15.0 Å². The van der Waals surface area contributed by atoms with E-state index in [1.807, 2.05) is 0 Å². The Kier molecular flexibility index (Phi) is 4.33. The van der Waals surface area contributed by atoms with Gasteiger partial charge in [-0.1, -0.05) is 6.07 Å². The van der Waals surface area contributed by atoms with E-state index in [0.717, 1.165) is 0 Å². The van der Waals surface area contributed by atoms with Crippen LogP contribution in [0.1, 0.15) is 10.4 Å². The molecule has 7 heteroatoms. The molecule has 0 bridgehead atoms. The fourth-order valence-electron chi connectivity index (χ4n) is 2.51. The highest BCUT2D eigenvalue weighted by Gasteiger charge is 2.09. The number of fused-ring (bicyclic) bond motifs is 1. The smallest absolute Gasteiger partial charge is 0.326 e. The summed E-state index contributed by atoms with van der Waals surface area (Å²) in [6.07, 6.45) is 0. The van der Waals surface area contributed by atoms with Crippen LogP contribution in [0.5, 0.6) is 5.75 Å². The molecule has 124 valence electrons. The molecule has 1 amide bonds. The lowest BCUT2D eigenvalue weighted by Gasteiger charge is -2.07. The van der Waals surface area contributed by atoms with Gasteiger partial charge in [0.25, 0.3) is 5.91 Å². The van der Waals surface area contributed by atoms with Crippen molar-refractivity contribution in [1.82, 2.24) is 14.9 Å². The first kappa shape index (κ1) is 15.8. The van der Waals surface area contributed by atoms with Crippen LogP contribution in [0.4, 0.5) is 4.39 Å². The van der Waals surface area contributed by atoms with E-state index >= 15 is 0 Å². The highest BCUT2D eigenvalue weighted by molar-refractivity contribution is 5.94. The average Bonchev–Trinajstić information content (AvgIpc) is 2.89. The molecular formula is C17H16FN3O3. The molecule has 3 aromatic rings. The summed E-state index contributed by atoms with van der Waals surface area (Å²) in [7, 11) is 1.53. The number of hydrogen-bond donors (Lipinski definition) is 2. The molecule has 6 nitrogen and oxygen atoms in total. The molecule has 0 atom stereocenters. The maximum Gasteiger partial charge on any atom is 0.326 e. The molecule has 24 heavy (non-hydrogen) atoms. The highest BCUT2D eigenvalue weighted by Crippen LogP contribution is 2.13. The van der Waals surface area contributed by atoms with Gasteiger partial charge in [0.2, 0.25) is 0 Å². The monoisotopic (exact) mass is 329 g/mol. The zero-order valence-electron chi connectivity index (χ0n) is 13.0. The van der Waals surface area contributed by atoms with E-state index in [0.29, 0.717) is 22.3 Å². The Morgan fingerprint density at radius 3 is 2.92 bits per heavy atom. The number of hydrogen-bond acceptors (Lipinski definition) is 3. The van der Waals surface area contributed by atoms with Gasteiger partial charge >= 0.3 is 5.69 Å². The van der Waals surface area contributed by atoms with Crippen molar-refractivity contribution in [1.29, 1.82) is 0 Å². The van der Waals surface area contributed by atoms with E-state index in [1.54, 1.807) is 24.3 Å². The van der Waals surface area contributed by atoms with E-state index in [9.17, 15) is 14.0 Å². The number of nitrogens with zero attached hydrogens (tertiary/aromatic N) is 1. The molecule has 0 unspecified atom stereocenters. The fraction of sp³-hybridized carbons (Fsp3) is 0.176. The third kappa shape index (κ3) is 3.15. The molecule has 0 aliphatic heterocycles. The number of nitrogens with one attached hydrogen (secondary N) is 2. The number of ether oxygens (including phenoxy) is 1. The molecule has 0 radical (unpaired) electrons. The minimum Gasteiger partial charge on any atom is -0.497 e. The lowest BCUT2D eigenvalue weighted by atomic mass is 10.2. The van der Waals surface area contributed by atoms with Crippen molar-refractivity contribution < 1.29 is 13.9 Å². The number of methoxy groups -OCH3 is 1. The molecule has 0 saturated heterocycles. The molecule has 1 heterocycles. The third-order valence-corrected chi connectivity index (χ3v) is 3.69. The summed E-state index contributed by atoms with van der Waals surface area (Å²) in [6.45, 7) is 0.542. The molecule has 3 rings (SSSR count). The molecule has 2 N–H and O–H groups in total. The van der Waals surface area contributed by atoms with E-state index < -0.39 is 5.82 Å². The summed E-state index contributed by atoms with van der Waals surface area (Å²) in [5.41, 5.74) is 1.16. The number of rotatable bonds is 5. The topological polar surface area (TPSA) is 76.1 Å². The maximum atomic E-state index is 13.2. The van der Waals surface area contributed by atoms with Crippen LogP contribution in [0.3, 0.4) is 0 Å². The largest absolute Gasteiger partial charge is 0.497 e. The van der Waals surface area contributed by atoms with Gasteiger partial charge in [-0.3, -0.25) is 9.36 Å². The Labute approximate surface area is 136 Å². The predicted octanol–water partition coefficient (Wildman–Crippen LogP) is 1.91. The van der Waals surface area contributed by atoms with Crippen molar-refractivity contribution in [2.24, 2.45) is 0 Å². The van der Waals surface area contributed by atoms with E-state index in [1.165, 1.54) is 29.9 Å². The van der Waals surface area contributed by atoms with Crippen molar-refractivity contribution in [2.75, 3.05) is 13.7 Å². The Morgan fingerprint density at radius 1 is 1.29 bits per heavy atom. The van der Waals surface area contributed by atoms with Gasteiger partial charge in [-0.25, -0.2) is 9.18 Å². The number of imidazole rings is 1. The van der Waals surface area contributed by atoms with Gasteiger partial charge in [-0.05, 0) is 36.4 Å². The summed E-state index contributed by atoms with van der Waals surface area (Å²) in [5.74, 6) is -0.0763. The van der Waals surface area contributed by atoms with Gasteiger partial charge in [0.1, 0.15) is 11.6 Å². The van der Waals surface area contributed by atoms with Gasteiger partial charge in [-0.15, -0.1) is 0 Å². The number of carbonyl (C=O) groups excluding carboxylic acids is 1. The van der Waals surface area contributed by atoms with Crippen molar-refractivity contribution in [2.45, 2.75) is 6.54 Å². The standard InChI is InChI=1S/C17H16FN3O3/c1-24-13-4-2-3-11(9-13)16(22)19-7-8-21-15-6-5-12(18)10-14(15)20-17(21)23/h2-6,9-10H,7-8H2,1H3,(H,19,22)(H,20,23). The summed E-state index contributed by atoms with van der Waals surface area (Å²) in [5, 5.41) is 2.75. The van der Waals surface area contributed by atoms with Crippen LogP contribution >= 0.6 is 0 Å². The summed E-state index contributed by atoms with van der Waals surface area (Å²) in [6, 6.07) is 10.9. The average molecular weight is 329 g/mol. The summed E-state index contributed by atoms with van der Waals surface area (Å²) in [4.78, 5) is 26.6. The van der Waals surface area contributed by atoms with Crippen LogP contribution in [-0.2, 0) is 6.54 Å². The van der Waals surface area contributed by atoms with Crippen LogP contribution in [-0.4, -0.2) is 29.1 Å². The first-order chi connectivity index (χ1) is 11.6. The van der Waals surface area contributed by atoms with Gasteiger partial charge in [-0.2, -0.15) is 0 Å². The molecular weight excluding hydrogens is 313 g/mol. The molecule has 2 aromatic carbocycles. The number of H-pyrrole nitrogens is 1. The quantitative estimate of drug-likeness (QED) is 0.751. The number of aromatic amines is 1. The van der Waals surface area contributed by atoms with Crippen LogP contribution in [0, 0.1) is 5.82 Å². The third-order valence-electron chi connectivity index (χ3n) is 3.69. The lowest BCUT2D eigenvalue weighted by Crippen LogP contribution is -2.30. The number of benzene rings is 2. The molecule has 0 aliphatic rings. The van der Waals surface area contributed by atoms with Crippen LogP contribution in [0.2, 0.25) is 0 Å². The number of aromatic nitrogens is 2. The highest BCUT2D eigenvalue weighted by atomic mass is 19.1.